The summed E-state index contributed by atoms with van der Waals surface area (Å²) in [6.07, 6.45) is -1.20. The van der Waals surface area contributed by atoms with Crippen molar-refractivity contribution in [3.8, 4) is 0 Å². The first-order valence-corrected chi connectivity index (χ1v) is 4.20. The molecule has 1 saturated heterocycles. The number of carboxylic acids is 1. The average Bonchev–Trinajstić information content (AvgIpc) is 2.02. The van der Waals surface area contributed by atoms with Gasteiger partial charge in [0, 0.05) is 13.0 Å². The molecule has 1 heterocycles. The number of carbonyl (C=O) groups excluding carboxylic acids is 1. The van der Waals surface area contributed by atoms with Gasteiger partial charge >= 0.3 is 12.1 Å². The number of nitrogens with zero attached hydrogens (tertiary/aromatic N) is 1. The molecule has 1 fully saturated rings. The van der Waals surface area contributed by atoms with Gasteiger partial charge in [-0.3, -0.25) is 9.59 Å². The molecule has 0 radical (unpaired) electrons. The van der Waals surface area contributed by atoms with Crippen LogP contribution in [-0.4, -0.2) is 45.5 Å². The van der Waals surface area contributed by atoms with E-state index in [1.807, 2.05) is 0 Å². The summed E-state index contributed by atoms with van der Waals surface area (Å²) in [5.41, 5.74) is 0. The number of ketones is 1. The first kappa shape index (κ1) is 10.5. The van der Waals surface area contributed by atoms with Crippen molar-refractivity contribution >= 4 is 17.8 Å². The maximum absolute atomic E-state index is 11.2. The summed E-state index contributed by atoms with van der Waals surface area (Å²) >= 11 is 0. The Balaban J connectivity index is 2.88. The summed E-state index contributed by atoms with van der Waals surface area (Å²) in [5, 5.41) is 17.5. The van der Waals surface area contributed by atoms with E-state index >= 15 is 0 Å². The van der Waals surface area contributed by atoms with Crippen molar-refractivity contribution in [2.45, 2.75) is 19.4 Å². The fraction of sp³-hybridized carbons (Fsp3) is 0.625. The topological polar surface area (TPSA) is 94.9 Å². The molecule has 14 heavy (non-hydrogen) atoms. The van der Waals surface area contributed by atoms with Gasteiger partial charge in [0.15, 0.2) is 5.78 Å². The molecule has 0 aromatic heterocycles. The van der Waals surface area contributed by atoms with Gasteiger partial charge in [-0.2, -0.15) is 0 Å². The third-order valence-electron chi connectivity index (χ3n) is 2.43. The summed E-state index contributed by atoms with van der Waals surface area (Å²) < 4.78 is 0. The molecule has 78 valence electrons. The van der Waals surface area contributed by atoms with E-state index in [-0.39, 0.29) is 13.0 Å². The van der Waals surface area contributed by atoms with Crippen molar-refractivity contribution in [2.24, 2.45) is 5.92 Å². The van der Waals surface area contributed by atoms with E-state index in [2.05, 4.69) is 0 Å². The van der Waals surface area contributed by atoms with Crippen molar-refractivity contribution in [1.82, 2.24) is 4.90 Å². The van der Waals surface area contributed by atoms with Gasteiger partial charge in [0.05, 0.1) is 6.04 Å². The van der Waals surface area contributed by atoms with Crippen LogP contribution in [0.3, 0.4) is 0 Å². The smallest absolute Gasteiger partial charge is 0.407 e. The zero-order chi connectivity index (χ0) is 10.9. The number of hydrogen-bond donors (Lipinski definition) is 2. The first-order valence-electron chi connectivity index (χ1n) is 4.20. The third-order valence-corrected chi connectivity index (χ3v) is 2.43. The van der Waals surface area contributed by atoms with E-state index in [9.17, 15) is 14.4 Å². The molecule has 1 rings (SSSR count). The van der Waals surface area contributed by atoms with E-state index in [0.717, 1.165) is 4.90 Å². The molecule has 2 unspecified atom stereocenters. The largest absolute Gasteiger partial charge is 0.481 e. The molecular formula is C8H11NO5. The standard InChI is InChI=1S/C8H11NO5/c1-4-6(7(11)12)5(10)2-3-9(4)8(13)14/h4,6H,2-3H2,1H3,(H,11,12)(H,13,14). The summed E-state index contributed by atoms with van der Waals surface area (Å²) in [4.78, 5) is 33.6. The molecule has 0 saturated carbocycles. The van der Waals surface area contributed by atoms with Crippen molar-refractivity contribution in [1.29, 1.82) is 0 Å². The number of hydrogen-bond acceptors (Lipinski definition) is 3. The molecule has 2 atom stereocenters. The number of aliphatic carboxylic acids is 1. The Hall–Kier alpha value is -1.59. The fourth-order valence-electron chi connectivity index (χ4n) is 1.65. The van der Waals surface area contributed by atoms with Crippen LogP contribution in [0.15, 0.2) is 0 Å². The van der Waals surface area contributed by atoms with Crippen LogP contribution in [0.5, 0.6) is 0 Å². The van der Waals surface area contributed by atoms with E-state index < -0.39 is 29.8 Å². The number of piperidine rings is 1. The van der Waals surface area contributed by atoms with Gasteiger partial charge in [-0.1, -0.05) is 0 Å². The van der Waals surface area contributed by atoms with Crippen molar-refractivity contribution in [2.75, 3.05) is 6.54 Å². The Kier molecular flexibility index (Phi) is 2.73. The maximum Gasteiger partial charge on any atom is 0.407 e. The highest BCUT2D eigenvalue weighted by Crippen LogP contribution is 2.20. The summed E-state index contributed by atoms with van der Waals surface area (Å²) in [6.45, 7) is 1.52. The average molecular weight is 201 g/mol. The lowest BCUT2D eigenvalue weighted by molar-refractivity contribution is -0.150. The van der Waals surface area contributed by atoms with Crippen LogP contribution >= 0.6 is 0 Å². The van der Waals surface area contributed by atoms with Crippen LogP contribution in [0.2, 0.25) is 0 Å². The molecule has 6 heteroatoms. The Morgan fingerprint density at radius 1 is 1.43 bits per heavy atom. The summed E-state index contributed by atoms with van der Waals surface area (Å²) in [6, 6.07) is -0.786. The number of carbonyl (C=O) groups is 3. The van der Waals surface area contributed by atoms with E-state index in [0.29, 0.717) is 0 Å². The lowest BCUT2D eigenvalue weighted by Gasteiger charge is -2.34. The minimum atomic E-state index is -1.26. The molecule has 1 amide bonds. The number of likely N-dealkylation sites (tertiary alicyclic amines) is 1. The summed E-state index contributed by atoms with van der Waals surface area (Å²) in [7, 11) is 0. The zero-order valence-electron chi connectivity index (χ0n) is 7.64. The van der Waals surface area contributed by atoms with Crippen LogP contribution in [0.1, 0.15) is 13.3 Å². The highest BCUT2D eigenvalue weighted by Gasteiger charge is 2.40. The third kappa shape index (κ3) is 1.68. The van der Waals surface area contributed by atoms with Crippen LogP contribution in [0, 0.1) is 5.92 Å². The Bertz CT molecular complexity index is 287. The van der Waals surface area contributed by atoms with Crippen molar-refractivity contribution < 1.29 is 24.6 Å². The molecular weight excluding hydrogens is 190 g/mol. The van der Waals surface area contributed by atoms with Gasteiger partial charge in [-0.05, 0) is 6.92 Å². The molecule has 1 aliphatic rings. The molecule has 2 N–H and O–H groups in total. The minimum absolute atomic E-state index is 0.0202. The maximum atomic E-state index is 11.2. The second-order valence-electron chi connectivity index (χ2n) is 3.25. The molecule has 0 aliphatic carbocycles. The molecule has 0 aromatic carbocycles. The molecule has 0 bridgehead atoms. The molecule has 6 nitrogen and oxygen atoms in total. The minimum Gasteiger partial charge on any atom is -0.481 e. The van der Waals surface area contributed by atoms with Crippen LogP contribution < -0.4 is 0 Å². The Morgan fingerprint density at radius 3 is 2.43 bits per heavy atom. The van der Waals surface area contributed by atoms with Gasteiger partial charge in [-0.15, -0.1) is 0 Å². The highest BCUT2D eigenvalue weighted by atomic mass is 16.4. The first-order chi connectivity index (χ1) is 6.45. The van der Waals surface area contributed by atoms with Gasteiger partial charge in [0.2, 0.25) is 0 Å². The van der Waals surface area contributed by atoms with Gasteiger partial charge < -0.3 is 15.1 Å². The van der Waals surface area contributed by atoms with Crippen LogP contribution in [-0.2, 0) is 9.59 Å². The van der Waals surface area contributed by atoms with Crippen molar-refractivity contribution in [3.63, 3.8) is 0 Å². The predicted octanol–water partition coefficient (Wildman–Crippen LogP) is 0.0285. The summed E-state index contributed by atoms with van der Waals surface area (Å²) in [5.74, 6) is -2.88. The SMILES string of the molecule is CC1C(C(=O)O)C(=O)CCN1C(=O)O. The monoisotopic (exact) mass is 201 g/mol. The zero-order valence-corrected chi connectivity index (χ0v) is 7.64. The second-order valence-corrected chi connectivity index (χ2v) is 3.25. The second kappa shape index (κ2) is 3.65. The molecule has 0 aromatic rings. The van der Waals surface area contributed by atoms with E-state index in [4.69, 9.17) is 10.2 Å². The Labute approximate surface area is 80.1 Å². The lowest BCUT2D eigenvalue weighted by atomic mass is 9.89. The van der Waals surface area contributed by atoms with Crippen LogP contribution in [0.4, 0.5) is 4.79 Å². The van der Waals surface area contributed by atoms with Gasteiger partial charge in [0.1, 0.15) is 5.92 Å². The predicted molar refractivity (Wildman–Crippen MR) is 44.9 cm³/mol. The van der Waals surface area contributed by atoms with E-state index in [1.54, 1.807) is 0 Å². The number of carboxylic acid groups (broad SMARTS) is 2. The number of amides is 1. The van der Waals surface area contributed by atoms with Crippen molar-refractivity contribution in [3.05, 3.63) is 0 Å². The number of rotatable bonds is 1. The van der Waals surface area contributed by atoms with E-state index in [1.165, 1.54) is 6.92 Å². The molecule has 1 aliphatic heterocycles. The normalized spacial score (nSPS) is 27.5. The Morgan fingerprint density at radius 2 is 2.00 bits per heavy atom. The van der Waals surface area contributed by atoms with Crippen LogP contribution in [0.25, 0.3) is 0 Å². The molecule has 0 spiro atoms. The highest BCUT2D eigenvalue weighted by molar-refractivity contribution is 6.00. The van der Waals surface area contributed by atoms with Gasteiger partial charge in [0.25, 0.3) is 0 Å². The lowest BCUT2D eigenvalue weighted by Crippen LogP contribution is -2.52. The number of Topliss-reactive ketones (excluding diaryl/α,β-unsaturated/α-hetero) is 1. The van der Waals surface area contributed by atoms with Gasteiger partial charge in [-0.25, -0.2) is 4.79 Å². The quantitative estimate of drug-likeness (QED) is 0.583. The fourth-order valence-corrected chi connectivity index (χ4v) is 1.65.